The van der Waals surface area contributed by atoms with Crippen LogP contribution in [0.5, 0.6) is 0 Å². The molecule has 6 heteroatoms. The lowest BCUT2D eigenvalue weighted by atomic mass is 10.1. The summed E-state index contributed by atoms with van der Waals surface area (Å²) >= 11 is 6.35. The van der Waals surface area contributed by atoms with Crippen molar-refractivity contribution >= 4 is 11.6 Å². The van der Waals surface area contributed by atoms with Crippen molar-refractivity contribution in [2.24, 2.45) is 7.05 Å². The van der Waals surface area contributed by atoms with E-state index in [1.807, 2.05) is 28.7 Å². The normalized spacial score (nSPS) is 12.8. The van der Waals surface area contributed by atoms with E-state index in [9.17, 15) is 0 Å². The van der Waals surface area contributed by atoms with E-state index in [-0.39, 0.29) is 6.04 Å². The minimum absolute atomic E-state index is 0.0160. The lowest BCUT2D eigenvalue weighted by Crippen LogP contribution is -2.26. The van der Waals surface area contributed by atoms with Crippen molar-refractivity contribution in [1.29, 1.82) is 0 Å². The van der Waals surface area contributed by atoms with Gasteiger partial charge >= 0.3 is 0 Å². The van der Waals surface area contributed by atoms with Crippen molar-refractivity contribution in [1.82, 2.24) is 24.9 Å². The van der Waals surface area contributed by atoms with E-state index in [0.717, 1.165) is 37.3 Å². The maximum Gasteiger partial charge on any atom is 0.0955 e. The number of nitrogens with one attached hydrogen (secondary N) is 1. The molecule has 2 aromatic rings. The molecule has 5 nitrogen and oxygen atoms in total. The average molecular weight is 296 g/mol. The first-order valence-electron chi connectivity index (χ1n) is 7.11. The van der Waals surface area contributed by atoms with Crippen LogP contribution in [0.3, 0.4) is 0 Å². The van der Waals surface area contributed by atoms with Gasteiger partial charge in [0.25, 0.3) is 0 Å². The van der Waals surface area contributed by atoms with Crippen molar-refractivity contribution < 1.29 is 0 Å². The van der Waals surface area contributed by atoms with Gasteiger partial charge in [-0.25, -0.2) is 0 Å². The Bertz CT molecular complexity index is 546. The van der Waals surface area contributed by atoms with Crippen LogP contribution in [0, 0.1) is 0 Å². The molecule has 0 aliphatic heterocycles. The minimum atomic E-state index is -0.0160. The van der Waals surface area contributed by atoms with Crippen molar-refractivity contribution in [2.75, 3.05) is 6.54 Å². The SMILES string of the molecule is CCCNC(c1ccn(C)n1)c1c(Cl)cnn1CCC. The standard InChI is InChI=1S/C14H22ClN5/c1-4-7-16-13(12-6-9-19(3)18-12)14-11(15)10-17-20(14)8-5-2/h6,9-10,13,16H,4-5,7-8H2,1-3H3. The largest absolute Gasteiger partial charge is 0.304 e. The summed E-state index contributed by atoms with van der Waals surface area (Å²) in [6.07, 6.45) is 5.75. The fourth-order valence-electron chi connectivity index (χ4n) is 2.27. The highest BCUT2D eigenvalue weighted by molar-refractivity contribution is 6.31. The Kier molecular flexibility index (Phi) is 5.20. The molecule has 0 bridgehead atoms. The number of aromatic nitrogens is 4. The summed E-state index contributed by atoms with van der Waals surface area (Å²) in [5.74, 6) is 0. The molecule has 0 aliphatic rings. The first-order chi connectivity index (χ1) is 9.67. The summed E-state index contributed by atoms with van der Waals surface area (Å²) < 4.78 is 3.79. The van der Waals surface area contributed by atoms with Crippen LogP contribution >= 0.6 is 11.6 Å². The first-order valence-corrected chi connectivity index (χ1v) is 7.49. The summed E-state index contributed by atoms with van der Waals surface area (Å²) in [6.45, 7) is 6.05. The molecular weight excluding hydrogens is 274 g/mol. The fraction of sp³-hybridized carbons (Fsp3) is 0.571. The predicted octanol–water partition coefficient (Wildman–Crippen LogP) is 2.77. The Balaban J connectivity index is 2.37. The molecule has 1 atom stereocenters. The quantitative estimate of drug-likeness (QED) is 0.854. The highest BCUT2D eigenvalue weighted by atomic mass is 35.5. The van der Waals surface area contributed by atoms with Crippen LogP contribution in [0.1, 0.15) is 44.1 Å². The predicted molar refractivity (Wildman–Crippen MR) is 80.9 cm³/mol. The number of halogens is 1. The van der Waals surface area contributed by atoms with Crippen LogP contribution in [-0.2, 0) is 13.6 Å². The Hall–Kier alpha value is -1.33. The Morgan fingerprint density at radius 2 is 2.15 bits per heavy atom. The molecule has 2 rings (SSSR count). The molecule has 110 valence electrons. The molecule has 0 spiro atoms. The molecule has 0 saturated carbocycles. The second-order valence-electron chi connectivity index (χ2n) is 4.90. The van der Waals surface area contributed by atoms with Crippen LogP contribution in [0.4, 0.5) is 0 Å². The van der Waals surface area contributed by atoms with Gasteiger partial charge in [0.15, 0.2) is 0 Å². The van der Waals surface area contributed by atoms with Gasteiger partial charge in [0, 0.05) is 19.8 Å². The first kappa shape index (κ1) is 15.1. The van der Waals surface area contributed by atoms with Gasteiger partial charge in [-0.2, -0.15) is 10.2 Å². The van der Waals surface area contributed by atoms with E-state index in [1.54, 1.807) is 6.20 Å². The molecule has 2 heterocycles. The molecule has 0 aliphatic carbocycles. The van der Waals surface area contributed by atoms with Crippen LogP contribution in [0.15, 0.2) is 18.5 Å². The third-order valence-electron chi connectivity index (χ3n) is 3.17. The fourth-order valence-corrected chi connectivity index (χ4v) is 2.52. The molecule has 0 radical (unpaired) electrons. The van der Waals surface area contributed by atoms with Crippen molar-refractivity contribution in [3.63, 3.8) is 0 Å². The van der Waals surface area contributed by atoms with Crippen LogP contribution in [-0.4, -0.2) is 26.1 Å². The van der Waals surface area contributed by atoms with Gasteiger partial charge < -0.3 is 5.32 Å². The van der Waals surface area contributed by atoms with Gasteiger partial charge in [0.05, 0.1) is 28.6 Å². The Morgan fingerprint density at radius 1 is 1.35 bits per heavy atom. The molecule has 0 amide bonds. The lowest BCUT2D eigenvalue weighted by Gasteiger charge is -2.18. The van der Waals surface area contributed by atoms with E-state index in [2.05, 4.69) is 29.4 Å². The Labute approximate surface area is 124 Å². The van der Waals surface area contributed by atoms with E-state index in [4.69, 9.17) is 11.6 Å². The molecular formula is C14H22ClN5. The number of aryl methyl sites for hydroxylation is 2. The molecule has 1 N–H and O–H groups in total. The summed E-state index contributed by atoms with van der Waals surface area (Å²) in [5.41, 5.74) is 1.97. The van der Waals surface area contributed by atoms with E-state index >= 15 is 0 Å². The summed E-state index contributed by atoms with van der Waals surface area (Å²) in [7, 11) is 1.92. The Morgan fingerprint density at radius 3 is 2.75 bits per heavy atom. The van der Waals surface area contributed by atoms with Crippen LogP contribution in [0.2, 0.25) is 5.02 Å². The maximum absolute atomic E-state index is 6.35. The summed E-state index contributed by atoms with van der Waals surface area (Å²) in [5, 5.41) is 13.1. The van der Waals surface area contributed by atoms with Crippen molar-refractivity contribution in [3.8, 4) is 0 Å². The van der Waals surface area contributed by atoms with E-state index < -0.39 is 0 Å². The highest BCUT2D eigenvalue weighted by Gasteiger charge is 2.23. The van der Waals surface area contributed by atoms with Gasteiger partial charge in [-0.3, -0.25) is 9.36 Å². The van der Waals surface area contributed by atoms with Gasteiger partial charge in [-0.05, 0) is 25.5 Å². The number of hydrogen-bond donors (Lipinski definition) is 1. The summed E-state index contributed by atoms with van der Waals surface area (Å²) in [6, 6.07) is 2.00. The molecule has 2 aromatic heterocycles. The van der Waals surface area contributed by atoms with Gasteiger partial charge in [-0.15, -0.1) is 0 Å². The van der Waals surface area contributed by atoms with Crippen molar-refractivity contribution in [3.05, 3.63) is 34.9 Å². The van der Waals surface area contributed by atoms with E-state index in [1.165, 1.54) is 0 Å². The van der Waals surface area contributed by atoms with Crippen molar-refractivity contribution in [2.45, 2.75) is 39.3 Å². The molecule has 0 aromatic carbocycles. The molecule has 0 fully saturated rings. The number of hydrogen-bond acceptors (Lipinski definition) is 3. The topological polar surface area (TPSA) is 47.7 Å². The van der Waals surface area contributed by atoms with E-state index in [0.29, 0.717) is 5.02 Å². The molecule has 20 heavy (non-hydrogen) atoms. The third-order valence-corrected chi connectivity index (χ3v) is 3.46. The molecule has 0 saturated heterocycles. The number of rotatable bonds is 7. The summed E-state index contributed by atoms with van der Waals surface area (Å²) in [4.78, 5) is 0. The lowest BCUT2D eigenvalue weighted by molar-refractivity contribution is 0.502. The van der Waals surface area contributed by atoms with Crippen LogP contribution in [0.25, 0.3) is 0 Å². The zero-order valence-electron chi connectivity index (χ0n) is 12.3. The smallest absolute Gasteiger partial charge is 0.0955 e. The zero-order chi connectivity index (χ0) is 14.5. The van der Waals surface area contributed by atoms with Gasteiger partial charge in [-0.1, -0.05) is 25.4 Å². The van der Waals surface area contributed by atoms with Crippen LogP contribution < -0.4 is 5.32 Å². The second kappa shape index (κ2) is 6.90. The maximum atomic E-state index is 6.35. The second-order valence-corrected chi connectivity index (χ2v) is 5.31. The third kappa shape index (κ3) is 3.22. The van der Waals surface area contributed by atoms with Gasteiger partial charge in [0.1, 0.15) is 0 Å². The molecule has 1 unspecified atom stereocenters. The monoisotopic (exact) mass is 295 g/mol. The highest BCUT2D eigenvalue weighted by Crippen LogP contribution is 2.27. The zero-order valence-corrected chi connectivity index (χ0v) is 13.1. The minimum Gasteiger partial charge on any atom is -0.304 e. The average Bonchev–Trinajstić information content (AvgIpc) is 3.00. The van der Waals surface area contributed by atoms with Gasteiger partial charge in [0.2, 0.25) is 0 Å². The number of nitrogens with zero attached hydrogens (tertiary/aromatic N) is 4.